The highest BCUT2D eigenvalue weighted by atomic mass is 28.3. The van der Waals surface area contributed by atoms with Crippen molar-refractivity contribution in [3.05, 3.63) is 35.4 Å². The Morgan fingerprint density at radius 3 is 2.47 bits per heavy atom. The Balaban J connectivity index is 3.00. The Morgan fingerprint density at radius 1 is 1.27 bits per heavy atom. The molecule has 0 amide bonds. The quantitative estimate of drug-likeness (QED) is 0.400. The number of benzene rings is 1. The monoisotopic (exact) mass is 216 g/mol. The smallest absolute Gasteiger partial charge is 0.159 e. The molecule has 0 aliphatic carbocycles. The molecule has 0 atom stereocenters. The summed E-state index contributed by atoms with van der Waals surface area (Å²) in [7, 11) is -1.33. The number of carbonyl (C=O) groups is 1. The van der Waals surface area contributed by atoms with Crippen LogP contribution in [0.15, 0.2) is 24.3 Å². The van der Waals surface area contributed by atoms with Crippen LogP contribution in [-0.4, -0.2) is 13.9 Å². The maximum absolute atomic E-state index is 11.2. The van der Waals surface area contributed by atoms with E-state index in [0.717, 1.165) is 11.1 Å². The van der Waals surface area contributed by atoms with E-state index < -0.39 is 8.07 Å². The van der Waals surface area contributed by atoms with Crippen LogP contribution in [-0.2, 0) is 0 Å². The summed E-state index contributed by atoms with van der Waals surface area (Å²) in [6.45, 7) is 8.18. The van der Waals surface area contributed by atoms with Crippen LogP contribution >= 0.6 is 0 Å². The first kappa shape index (κ1) is 11.7. The van der Waals surface area contributed by atoms with Gasteiger partial charge >= 0.3 is 0 Å². The third kappa shape index (κ3) is 4.14. The van der Waals surface area contributed by atoms with Crippen LogP contribution in [0.5, 0.6) is 0 Å². The second-order valence-corrected chi connectivity index (χ2v) is 9.39. The molecule has 1 nitrogen and oxygen atoms in total. The highest BCUT2D eigenvalue weighted by molar-refractivity contribution is 6.83. The normalized spacial score (nSPS) is 10.4. The van der Waals surface area contributed by atoms with Gasteiger partial charge in [-0.15, -0.1) is 5.54 Å². The van der Waals surface area contributed by atoms with Gasteiger partial charge < -0.3 is 0 Å². The zero-order valence-corrected chi connectivity index (χ0v) is 10.7. The first-order valence-corrected chi connectivity index (χ1v) is 8.53. The van der Waals surface area contributed by atoms with Crippen LogP contribution in [0.1, 0.15) is 22.8 Å². The van der Waals surface area contributed by atoms with Crippen LogP contribution in [0.2, 0.25) is 19.6 Å². The van der Waals surface area contributed by atoms with Gasteiger partial charge in [0.05, 0.1) is 0 Å². The maximum Gasteiger partial charge on any atom is 0.159 e. The maximum atomic E-state index is 11.2. The van der Waals surface area contributed by atoms with E-state index in [1.165, 1.54) is 0 Å². The first-order valence-electron chi connectivity index (χ1n) is 5.03. The van der Waals surface area contributed by atoms with Gasteiger partial charge in [0.2, 0.25) is 0 Å². The average Bonchev–Trinajstić information content (AvgIpc) is 2.14. The minimum absolute atomic E-state index is 0.0895. The molecule has 0 unspecified atom stereocenters. The summed E-state index contributed by atoms with van der Waals surface area (Å²) in [6, 6.07) is 7.50. The van der Waals surface area contributed by atoms with Crippen molar-refractivity contribution in [1.29, 1.82) is 0 Å². The standard InChI is InChI=1S/C13H16OSi/c1-11(14)13-7-5-6-12(10-13)8-9-15(2,3)4/h5-7,10H,1-4H3. The molecule has 0 spiro atoms. The largest absolute Gasteiger partial charge is 0.295 e. The number of carbonyl (C=O) groups excluding carboxylic acids is 1. The van der Waals surface area contributed by atoms with Crippen LogP contribution in [0.3, 0.4) is 0 Å². The SMILES string of the molecule is CC(=O)c1cccc(C#C[Si](C)(C)C)c1. The van der Waals surface area contributed by atoms with Crippen molar-refractivity contribution in [3.8, 4) is 11.5 Å². The lowest BCUT2D eigenvalue weighted by Gasteiger charge is -2.03. The summed E-state index contributed by atoms with van der Waals surface area (Å²) in [6.07, 6.45) is 0. The number of Topliss-reactive ketones (excluding diaryl/α,β-unsaturated/α-hetero) is 1. The fourth-order valence-corrected chi connectivity index (χ4v) is 1.59. The number of ketones is 1. The molecule has 0 radical (unpaired) electrons. The molecule has 1 rings (SSSR count). The molecule has 0 heterocycles. The summed E-state index contributed by atoms with van der Waals surface area (Å²) in [4.78, 5) is 11.2. The van der Waals surface area contributed by atoms with Crippen LogP contribution in [0.25, 0.3) is 0 Å². The van der Waals surface area contributed by atoms with Crippen LogP contribution < -0.4 is 0 Å². The molecular formula is C13H16OSi. The summed E-state index contributed by atoms with van der Waals surface area (Å²) >= 11 is 0. The third-order valence-corrected chi connectivity index (χ3v) is 2.73. The van der Waals surface area contributed by atoms with E-state index in [1.807, 2.05) is 24.3 Å². The van der Waals surface area contributed by atoms with Crippen LogP contribution in [0, 0.1) is 11.5 Å². The summed E-state index contributed by atoms with van der Waals surface area (Å²) in [5.41, 5.74) is 4.95. The molecule has 15 heavy (non-hydrogen) atoms. The minimum Gasteiger partial charge on any atom is -0.295 e. The van der Waals surface area contributed by atoms with E-state index in [0.29, 0.717) is 0 Å². The average molecular weight is 216 g/mol. The lowest BCUT2D eigenvalue weighted by atomic mass is 10.1. The molecule has 0 bridgehead atoms. The van der Waals surface area contributed by atoms with E-state index in [2.05, 4.69) is 31.1 Å². The van der Waals surface area contributed by atoms with Gasteiger partial charge in [-0.1, -0.05) is 37.7 Å². The van der Waals surface area contributed by atoms with Gasteiger partial charge in [-0.25, -0.2) is 0 Å². The van der Waals surface area contributed by atoms with Gasteiger partial charge in [0.25, 0.3) is 0 Å². The molecule has 0 aromatic heterocycles. The highest BCUT2D eigenvalue weighted by Crippen LogP contribution is 2.05. The first-order chi connectivity index (χ1) is 6.88. The number of rotatable bonds is 1. The van der Waals surface area contributed by atoms with E-state index >= 15 is 0 Å². The topological polar surface area (TPSA) is 17.1 Å². The van der Waals surface area contributed by atoms with Crippen LogP contribution in [0.4, 0.5) is 0 Å². The Kier molecular flexibility index (Phi) is 3.49. The van der Waals surface area contributed by atoms with Gasteiger partial charge in [-0.2, -0.15) is 0 Å². The van der Waals surface area contributed by atoms with Gasteiger partial charge in [0.15, 0.2) is 5.78 Å². The Hall–Kier alpha value is -1.33. The lowest BCUT2D eigenvalue weighted by Crippen LogP contribution is -2.16. The summed E-state index contributed by atoms with van der Waals surface area (Å²) in [5.74, 6) is 3.23. The summed E-state index contributed by atoms with van der Waals surface area (Å²) in [5, 5.41) is 0. The lowest BCUT2D eigenvalue weighted by molar-refractivity contribution is 0.101. The van der Waals surface area contributed by atoms with Gasteiger partial charge in [-0.05, 0) is 19.1 Å². The van der Waals surface area contributed by atoms with Crippen molar-refractivity contribution in [3.63, 3.8) is 0 Å². The van der Waals surface area contributed by atoms with Crippen molar-refractivity contribution in [2.24, 2.45) is 0 Å². The minimum atomic E-state index is -1.33. The van der Waals surface area contributed by atoms with Crippen molar-refractivity contribution in [2.75, 3.05) is 0 Å². The van der Waals surface area contributed by atoms with Crippen molar-refractivity contribution in [1.82, 2.24) is 0 Å². The van der Waals surface area contributed by atoms with Crippen molar-refractivity contribution >= 4 is 13.9 Å². The third-order valence-electron chi connectivity index (χ3n) is 1.85. The second-order valence-electron chi connectivity index (χ2n) is 4.64. The van der Waals surface area contributed by atoms with Crippen molar-refractivity contribution in [2.45, 2.75) is 26.6 Å². The predicted molar refractivity (Wildman–Crippen MR) is 66.7 cm³/mol. The molecule has 2 heteroatoms. The van der Waals surface area contributed by atoms with Crippen molar-refractivity contribution < 1.29 is 4.79 Å². The molecule has 0 fully saturated rings. The zero-order chi connectivity index (χ0) is 11.5. The highest BCUT2D eigenvalue weighted by Gasteiger charge is 2.07. The molecule has 78 valence electrons. The molecular weight excluding hydrogens is 200 g/mol. The van der Waals surface area contributed by atoms with Gasteiger partial charge in [0.1, 0.15) is 8.07 Å². The molecule has 0 N–H and O–H groups in total. The Morgan fingerprint density at radius 2 is 1.93 bits per heavy atom. The van der Waals surface area contributed by atoms with Gasteiger partial charge in [0, 0.05) is 11.1 Å². The number of hydrogen-bond donors (Lipinski definition) is 0. The zero-order valence-electron chi connectivity index (χ0n) is 9.72. The number of hydrogen-bond acceptors (Lipinski definition) is 1. The Labute approximate surface area is 92.5 Å². The van der Waals surface area contributed by atoms with Gasteiger partial charge in [-0.3, -0.25) is 4.79 Å². The summed E-state index contributed by atoms with van der Waals surface area (Å²) < 4.78 is 0. The fraction of sp³-hybridized carbons (Fsp3) is 0.308. The Bertz CT molecular complexity index is 430. The fourth-order valence-electron chi connectivity index (χ4n) is 1.08. The van der Waals surface area contributed by atoms with E-state index in [4.69, 9.17) is 0 Å². The molecule has 0 saturated carbocycles. The molecule has 1 aromatic rings. The molecule has 0 aliphatic heterocycles. The second kappa shape index (κ2) is 4.46. The predicted octanol–water partition coefficient (Wildman–Crippen LogP) is 3.12. The van der Waals surface area contributed by atoms with E-state index in [1.54, 1.807) is 6.92 Å². The molecule has 0 saturated heterocycles. The molecule has 0 aliphatic rings. The van der Waals surface area contributed by atoms with E-state index in [9.17, 15) is 4.79 Å². The van der Waals surface area contributed by atoms with E-state index in [-0.39, 0.29) is 5.78 Å². The molecule has 1 aromatic carbocycles.